The van der Waals surface area contributed by atoms with E-state index in [0.717, 1.165) is 61.2 Å². The number of halogens is 1. The number of hydrogen-bond acceptors (Lipinski definition) is 10. The number of aromatic nitrogens is 6. The van der Waals surface area contributed by atoms with Crippen molar-refractivity contribution in [3.05, 3.63) is 76.7 Å². The van der Waals surface area contributed by atoms with E-state index in [2.05, 4.69) is 41.0 Å². The van der Waals surface area contributed by atoms with Crippen molar-refractivity contribution in [2.45, 2.75) is 63.9 Å². The van der Waals surface area contributed by atoms with Gasteiger partial charge < -0.3 is 15.4 Å². The maximum absolute atomic E-state index is 13.0. The molecule has 0 aliphatic heterocycles. The minimum Gasteiger partial charge on any atom is -0.490 e. The van der Waals surface area contributed by atoms with Gasteiger partial charge in [0.2, 0.25) is 16.9 Å². The number of nitrogens with one attached hydrogen (secondary N) is 2. The van der Waals surface area contributed by atoms with Crippen LogP contribution in [0.1, 0.15) is 54.2 Å². The van der Waals surface area contributed by atoms with Crippen molar-refractivity contribution < 1.29 is 18.7 Å². The zero-order valence-electron chi connectivity index (χ0n) is 22.3. The Hall–Kier alpha value is -4.39. The number of hydrogen-bond donors (Lipinski definition) is 2. The molecule has 11 nitrogen and oxygen atoms in total. The van der Waals surface area contributed by atoms with E-state index in [-0.39, 0.29) is 30.8 Å². The number of carbonyl (C=O) groups excluding carboxylic acids is 2. The highest BCUT2D eigenvalue weighted by atomic mass is 32.1. The van der Waals surface area contributed by atoms with Gasteiger partial charge in [-0.3, -0.25) is 19.6 Å². The molecule has 0 atom stereocenters. The number of carbonyl (C=O) groups is 2. The standard InChI is InChI=1S/C28H29FN8O3S/c29-18-8-9-20(31-17-18)15-26(39)33-28-37-36-27(41-28)7-2-1-4-19-10-11-24(35-34-19)32-25(38)16-21-14-23(12-13-30-21)40-22-5-3-6-22/h8-14,17,22H,1-7,15-16H2,(H,32,35,38)(H,33,37,39). The van der Waals surface area contributed by atoms with Crippen molar-refractivity contribution >= 4 is 34.1 Å². The third kappa shape index (κ3) is 8.80. The van der Waals surface area contributed by atoms with E-state index in [4.69, 9.17) is 4.74 Å². The predicted octanol–water partition coefficient (Wildman–Crippen LogP) is 4.12. The van der Waals surface area contributed by atoms with Gasteiger partial charge in [-0.05, 0) is 68.9 Å². The second-order valence-corrected chi connectivity index (χ2v) is 10.8. The van der Waals surface area contributed by atoms with Gasteiger partial charge in [-0.1, -0.05) is 11.3 Å². The van der Waals surface area contributed by atoms with Gasteiger partial charge in [-0.2, -0.15) is 5.10 Å². The Morgan fingerprint density at radius 2 is 1.68 bits per heavy atom. The molecule has 1 aliphatic carbocycles. The maximum Gasteiger partial charge on any atom is 0.232 e. The maximum atomic E-state index is 13.0. The van der Waals surface area contributed by atoms with Crippen LogP contribution in [0.4, 0.5) is 15.3 Å². The molecule has 4 heterocycles. The summed E-state index contributed by atoms with van der Waals surface area (Å²) in [5.74, 6) is 0.173. The van der Waals surface area contributed by atoms with Gasteiger partial charge in [0, 0.05) is 24.4 Å². The number of pyridine rings is 2. The zero-order valence-corrected chi connectivity index (χ0v) is 23.1. The van der Waals surface area contributed by atoms with Crippen LogP contribution in [0.5, 0.6) is 5.75 Å². The Bertz CT molecular complexity index is 1460. The molecule has 0 aromatic carbocycles. The monoisotopic (exact) mass is 576 g/mol. The molecule has 1 fully saturated rings. The molecule has 0 bridgehead atoms. The molecule has 0 unspecified atom stereocenters. The van der Waals surface area contributed by atoms with E-state index in [1.807, 2.05) is 12.1 Å². The molecule has 13 heteroatoms. The van der Waals surface area contributed by atoms with Crippen molar-refractivity contribution in [1.29, 1.82) is 0 Å². The zero-order chi connectivity index (χ0) is 28.4. The average molecular weight is 577 g/mol. The number of aryl methyl sites for hydroxylation is 2. The fraction of sp³-hybridized carbons (Fsp3) is 0.357. The van der Waals surface area contributed by atoms with Crippen LogP contribution in [0.2, 0.25) is 0 Å². The first-order valence-electron chi connectivity index (χ1n) is 13.5. The summed E-state index contributed by atoms with van der Waals surface area (Å²) in [6.07, 6.45) is 9.65. The highest BCUT2D eigenvalue weighted by Gasteiger charge is 2.19. The van der Waals surface area contributed by atoms with E-state index >= 15 is 0 Å². The average Bonchev–Trinajstić information content (AvgIpc) is 3.38. The third-order valence-electron chi connectivity index (χ3n) is 6.39. The fourth-order valence-electron chi connectivity index (χ4n) is 4.05. The molecule has 0 saturated heterocycles. The molecule has 2 amide bonds. The van der Waals surface area contributed by atoms with E-state index in [0.29, 0.717) is 22.3 Å². The van der Waals surface area contributed by atoms with Crippen molar-refractivity contribution in [1.82, 2.24) is 30.4 Å². The molecule has 4 aromatic rings. The summed E-state index contributed by atoms with van der Waals surface area (Å²) in [6.45, 7) is 0. The van der Waals surface area contributed by atoms with Gasteiger partial charge in [0.15, 0.2) is 5.82 Å². The molecule has 0 radical (unpaired) electrons. The first-order chi connectivity index (χ1) is 20.0. The Labute approximate surface area is 240 Å². The van der Waals surface area contributed by atoms with Gasteiger partial charge in [-0.15, -0.1) is 15.3 Å². The summed E-state index contributed by atoms with van der Waals surface area (Å²) >= 11 is 1.32. The van der Waals surface area contributed by atoms with Crippen molar-refractivity contribution in [3.8, 4) is 5.75 Å². The Balaban J connectivity index is 0.993. The van der Waals surface area contributed by atoms with Crippen LogP contribution in [-0.4, -0.2) is 48.3 Å². The lowest BCUT2D eigenvalue weighted by molar-refractivity contribution is -0.116. The van der Waals surface area contributed by atoms with Crippen molar-refractivity contribution in [2.24, 2.45) is 0 Å². The normalized spacial score (nSPS) is 12.9. The molecule has 2 N–H and O–H groups in total. The van der Waals surface area contributed by atoms with Crippen LogP contribution >= 0.6 is 11.3 Å². The van der Waals surface area contributed by atoms with Crippen LogP contribution in [-0.2, 0) is 35.3 Å². The lowest BCUT2D eigenvalue weighted by atomic mass is 9.96. The predicted molar refractivity (Wildman–Crippen MR) is 150 cm³/mol. The molecule has 4 aromatic heterocycles. The molecule has 1 saturated carbocycles. The number of ether oxygens (including phenoxy) is 1. The van der Waals surface area contributed by atoms with E-state index < -0.39 is 5.82 Å². The summed E-state index contributed by atoms with van der Waals surface area (Å²) in [5, 5.41) is 23.2. The van der Waals surface area contributed by atoms with E-state index in [1.165, 1.54) is 29.9 Å². The summed E-state index contributed by atoms with van der Waals surface area (Å²) < 4.78 is 18.8. The van der Waals surface area contributed by atoms with Crippen LogP contribution in [0.15, 0.2) is 48.8 Å². The summed E-state index contributed by atoms with van der Waals surface area (Å²) in [6, 6.07) is 9.95. The molecule has 5 rings (SSSR count). The summed E-state index contributed by atoms with van der Waals surface area (Å²) in [4.78, 5) is 32.8. The van der Waals surface area contributed by atoms with Gasteiger partial charge in [0.05, 0.1) is 36.5 Å². The number of nitrogens with zero attached hydrogens (tertiary/aromatic N) is 6. The van der Waals surface area contributed by atoms with Gasteiger partial charge in [-0.25, -0.2) is 4.39 Å². The Kier molecular flexibility index (Phi) is 9.47. The highest BCUT2D eigenvalue weighted by Crippen LogP contribution is 2.25. The van der Waals surface area contributed by atoms with E-state index in [9.17, 15) is 14.0 Å². The molecule has 41 heavy (non-hydrogen) atoms. The largest absolute Gasteiger partial charge is 0.490 e. The van der Waals surface area contributed by atoms with Crippen molar-refractivity contribution in [3.63, 3.8) is 0 Å². The first-order valence-corrected chi connectivity index (χ1v) is 14.3. The molecule has 0 spiro atoms. The second kappa shape index (κ2) is 13.8. The SMILES string of the molecule is O=C(Cc1cc(OC2CCC2)ccn1)Nc1ccc(CCCCc2nnc(NC(=O)Cc3ccc(F)cn3)s2)nn1. The van der Waals surface area contributed by atoms with Crippen LogP contribution in [0.25, 0.3) is 0 Å². The molecular weight excluding hydrogens is 547 g/mol. The lowest BCUT2D eigenvalue weighted by Crippen LogP contribution is -2.24. The molecular formula is C28H29FN8O3S. The van der Waals surface area contributed by atoms with Crippen LogP contribution in [0.3, 0.4) is 0 Å². The number of amides is 2. The van der Waals surface area contributed by atoms with Gasteiger partial charge in [0.1, 0.15) is 16.6 Å². The smallest absolute Gasteiger partial charge is 0.232 e. The number of unbranched alkanes of at least 4 members (excludes halogenated alkanes) is 1. The first kappa shape index (κ1) is 28.1. The van der Waals surface area contributed by atoms with Gasteiger partial charge in [0.25, 0.3) is 0 Å². The van der Waals surface area contributed by atoms with Crippen LogP contribution in [0, 0.1) is 5.82 Å². The topological polar surface area (TPSA) is 145 Å². The number of anilines is 2. The quantitative estimate of drug-likeness (QED) is 0.225. The summed E-state index contributed by atoms with van der Waals surface area (Å²) in [7, 11) is 0. The fourth-order valence-corrected chi connectivity index (χ4v) is 4.84. The summed E-state index contributed by atoms with van der Waals surface area (Å²) in [5.41, 5.74) is 1.93. The molecule has 1 aliphatic rings. The third-order valence-corrected chi connectivity index (χ3v) is 7.29. The lowest BCUT2D eigenvalue weighted by Gasteiger charge is -2.26. The van der Waals surface area contributed by atoms with Crippen LogP contribution < -0.4 is 15.4 Å². The Morgan fingerprint density at radius 3 is 2.44 bits per heavy atom. The Morgan fingerprint density at radius 1 is 0.878 bits per heavy atom. The minimum absolute atomic E-state index is 0.0273. The second-order valence-electron chi connectivity index (χ2n) is 9.69. The van der Waals surface area contributed by atoms with E-state index in [1.54, 1.807) is 18.3 Å². The number of rotatable bonds is 13. The minimum atomic E-state index is -0.448. The molecule has 212 valence electrons. The van der Waals surface area contributed by atoms with Gasteiger partial charge >= 0.3 is 0 Å². The highest BCUT2D eigenvalue weighted by molar-refractivity contribution is 7.15. The van der Waals surface area contributed by atoms with Crippen molar-refractivity contribution in [2.75, 3.05) is 10.6 Å².